The molecule has 0 fully saturated rings. The molecule has 5 rings (SSSR count). The third-order valence-corrected chi connectivity index (χ3v) is 5.56. The van der Waals surface area contributed by atoms with Gasteiger partial charge in [0.15, 0.2) is 0 Å². The van der Waals surface area contributed by atoms with Gasteiger partial charge in [0.1, 0.15) is 5.82 Å². The summed E-state index contributed by atoms with van der Waals surface area (Å²) < 4.78 is 2.69. The summed E-state index contributed by atoms with van der Waals surface area (Å²) in [5.41, 5.74) is 2.43. The van der Waals surface area contributed by atoms with Gasteiger partial charge in [0, 0.05) is 4.47 Å². The number of hydrogen-bond donors (Lipinski definition) is 0. The Morgan fingerprint density at radius 3 is 2.43 bits per heavy atom. The van der Waals surface area contributed by atoms with Gasteiger partial charge in [-0.25, -0.2) is 4.98 Å². The van der Waals surface area contributed by atoms with Crippen molar-refractivity contribution in [3.63, 3.8) is 0 Å². The Hall–Kier alpha value is -3.50. The minimum Gasteiger partial charge on any atom is -0.268 e. The zero-order valence-corrected chi connectivity index (χ0v) is 17.6. The largest absolute Gasteiger partial charge is 0.268 e. The summed E-state index contributed by atoms with van der Waals surface area (Å²) in [5, 5.41) is 2.82. The summed E-state index contributed by atoms with van der Waals surface area (Å²) in [6, 6.07) is 29.6. The van der Waals surface area contributed by atoms with Gasteiger partial charge in [0.2, 0.25) is 0 Å². The summed E-state index contributed by atoms with van der Waals surface area (Å²) >= 11 is 3.50. The van der Waals surface area contributed by atoms with Gasteiger partial charge in [-0.1, -0.05) is 76.6 Å². The van der Waals surface area contributed by atoms with Gasteiger partial charge in [-0.05, 0) is 58.8 Å². The monoisotopic (exact) mass is 452 g/mol. The highest BCUT2D eigenvalue weighted by molar-refractivity contribution is 9.10. The van der Waals surface area contributed by atoms with Gasteiger partial charge < -0.3 is 0 Å². The van der Waals surface area contributed by atoms with Crippen LogP contribution in [0.15, 0.2) is 100 Å². The van der Waals surface area contributed by atoms with Crippen LogP contribution >= 0.6 is 15.9 Å². The van der Waals surface area contributed by atoms with Gasteiger partial charge in [-0.3, -0.25) is 9.36 Å². The molecule has 0 bridgehead atoms. The second-order valence-electron chi connectivity index (χ2n) is 7.05. The molecule has 0 aliphatic carbocycles. The SMILES string of the molecule is O=c1c2ccccc2nc(/C=C/c2cccc(Br)c2)n1-c1ccc2ccccc2c1. The predicted octanol–water partition coefficient (Wildman–Crippen LogP) is 6.47. The molecule has 0 atom stereocenters. The third kappa shape index (κ3) is 3.46. The smallest absolute Gasteiger partial charge is 0.266 e. The topological polar surface area (TPSA) is 34.9 Å². The number of fused-ring (bicyclic) bond motifs is 2. The first-order valence-corrected chi connectivity index (χ1v) is 10.4. The average Bonchev–Trinajstić information content (AvgIpc) is 2.77. The Kier molecular flexibility index (Phi) is 4.77. The second kappa shape index (κ2) is 7.73. The highest BCUT2D eigenvalue weighted by atomic mass is 79.9. The van der Waals surface area contributed by atoms with Crippen LogP contribution in [0, 0.1) is 0 Å². The molecule has 0 saturated heterocycles. The van der Waals surface area contributed by atoms with E-state index >= 15 is 0 Å². The van der Waals surface area contributed by atoms with Crippen molar-refractivity contribution in [1.82, 2.24) is 9.55 Å². The third-order valence-electron chi connectivity index (χ3n) is 5.07. The van der Waals surface area contributed by atoms with Crippen molar-refractivity contribution in [3.05, 3.63) is 117 Å². The van der Waals surface area contributed by atoms with E-state index in [2.05, 4.69) is 28.1 Å². The Morgan fingerprint density at radius 2 is 1.57 bits per heavy atom. The second-order valence-corrected chi connectivity index (χ2v) is 7.96. The predicted molar refractivity (Wildman–Crippen MR) is 128 cm³/mol. The van der Waals surface area contributed by atoms with E-state index in [1.54, 1.807) is 4.57 Å². The normalized spacial score (nSPS) is 11.5. The molecule has 1 heterocycles. The van der Waals surface area contributed by atoms with Gasteiger partial charge in [-0.15, -0.1) is 0 Å². The van der Waals surface area contributed by atoms with Crippen molar-refractivity contribution < 1.29 is 0 Å². The molecule has 4 aromatic carbocycles. The van der Waals surface area contributed by atoms with Crippen molar-refractivity contribution >= 4 is 49.8 Å². The van der Waals surface area contributed by atoms with Crippen molar-refractivity contribution in [2.45, 2.75) is 0 Å². The molecule has 0 saturated carbocycles. The van der Waals surface area contributed by atoms with Gasteiger partial charge in [0.05, 0.1) is 16.6 Å². The molecule has 5 aromatic rings. The summed E-state index contributed by atoms with van der Waals surface area (Å²) in [6.45, 7) is 0. The number of aromatic nitrogens is 2. The maximum atomic E-state index is 13.4. The maximum Gasteiger partial charge on any atom is 0.266 e. The van der Waals surface area contributed by atoms with Crippen molar-refractivity contribution in [2.24, 2.45) is 0 Å². The van der Waals surface area contributed by atoms with Crippen LogP contribution in [0.5, 0.6) is 0 Å². The van der Waals surface area contributed by atoms with Gasteiger partial charge in [0.25, 0.3) is 5.56 Å². The van der Waals surface area contributed by atoms with Crippen molar-refractivity contribution in [3.8, 4) is 5.69 Å². The van der Waals surface area contributed by atoms with Crippen LogP contribution < -0.4 is 5.56 Å². The molecule has 0 spiro atoms. The zero-order valence-electron chi connectivity index (χ0n) is 16.0. The average molecular weight is 453 g/mol. The molecule has 4 heteroatoms. The Bertz CT molecular complexity index is 1480. The van der Waals surface area contributed by atoms with Crippen LogP contribution in [-0.2, 0) is 0 Å². The molecule has 0 aliphatic heterocycles. The quantitative estimate of drug-likeness (QED) is 0.314. The molecule has 3 nitrogen and oxygen atoms in total. The van der Waals surface area contributed by atoms with E-state index in [1.807, 2.05) is 91.0 Å². The summed E-state index contributed by atoms with van der Waals surface area (Å²) in [4.78, 5) is 18.2. The van der Waals surface area contributed by atoms with E-state index in [4.69, 9.17) is 4.98 Å². The number of hydrogen-bond acceptors (Lipinski definition) is 2. The number of para-hydroxylation sites is 1. The molecular weight excluding hydrogens is 436 g/mol. The number of halogens is 1. The fourth-order valence-corrected chi connectivity index (χ4v) is 4.02. The minimum absolute atomic E-state index is 0.0789. The van der Waals surface area contributed by atoms with E-state index in [-0.39, 0.29) is 5.56 Å². The molecule has 144 valence electrons. The van der Waals surface area contributed by atoms with Crippen LogP contribution in [0.1, 0.15) is 11.4 Å². The number of nitrogens with zero attached hydrogens (tertiary/aromatic N) is 2. The van der Waals surface area contributed by atoms with Crippen molar-refractivity contribution in [2.75, 3.05) is 0 Å². The lowest BCUT2D eigenvalue weighted by Gasteiger charge is -2.12. The van der Waals surface area contributed by atoms with Gasteiger partial charge in [-0.2, -0.15) is 0 Å². The van der Waals surface area contributed by atoms with Crippen LogP contribution in [0.3, 0.4) is 0 Å². The number of rotatable bonds is 3. The lowest BCUT2D eigenvalue weighted by atomic mass is 10.1. The first kappa shape index (κ1) is 18.5. The Labute approximate surface area is 182 Å². The zero-order chi connectivity index (χ0) is 20.5. The standard InChI is InChI=1S/C26H17BrN2O/c27-21-9-5-6-18(16-21)12-15-25-28-24-11-4-3-10-23(24)26(30)29(25)22-14-13-19-7-1-2-8-20(19)17-22/h1-17H/b15-12+. The maximum absolute atomic E-state index is 13.4. The Morgan fingerprint density at radius 1 is 0.767 bits per heavy atom. The van der Waals surface area contributed by atoms with Crippen LogP contribution in [0.25, 0.3) is 39.5 Å². The highest BCUT2D eigenvalue weighted by Gasteiger charge is 2.11. The fourth-order valence-electron chi connectivity index (χ4n) is 3.61. The molecule has 30 heavy (non-hydrogen) atoms. The number of benzene rings is 4. The molecule has 1 aromatic heterocycles. The lowest BCUT2D eigenvalue weighted by molar-refractivity contribution is 0.946. The van der Waals surface area contributed by atoms with Gasteiger partial charge >= 0.3 is 0 Å². The molecule has 0 amide bonds. The van der Waals surface area contributed by atoms with E-state index < -0.39 is 0 Å². The molecule has 0 radical (unpaired) electrons. The minimum atomic E-state index is -0.0789. The van der Waals surface area contributed by atoms with Crippen LogP contribution in [-0.4, -0.2) is 9.55 Å². The van der Waals surface area contributed by atoms with Crippen LogP contribution in [0.4, 0.5) is 0 Å². The summed E-state index contributed by atoms with van der Waals surface area (Å²) in [7, 11) is 0. The lowest BCUT2D eigenvalue weighted by Crippen LogP contribution is -2.22. The van der Waals surface area contributed by atoms with E-state index in [0.717, 1.165) is 26.5 Å². The van der Waals surface area contributed by atoms with Crippen molar-refractivity contribution in [1.29, 1.82) is 0 Å². The first-order valence-electron chi connectivity index (χ1n) is 9.64. The molecule has 0 aliphatic rings. The van der Waals surface area contributed by atoms with Crippen LogP contribution in [0.2, 0.25) is 0 Å². The fraction of sp³-hybridized carbons (Fsp3) is 0. The highest BCUT2D eigenvalue weighted by Crippen LogP contribution is 2.21. The first-order chi connectivity index (χ1) is 14.7. The molecule has 0 N–H and O–H groups in total. The summed E-state index contributed by atoms with van der Waals surface area (Å²) in [5.74, 6) is 0.592. The van der Waals surface area contributed by atoms with E-state index in [1.165, 1.54) is 0 Å². The van der Waals surface area contributed by atoms with E-state index in [0.29, 0.717) is 16.7 Å². The van der Waals surface area contributed by atoms with E-state index in [9.17, 15) is 4.79 Å². The molecular formula is C26H17BrN2O. The Balaban J connectivity index is 1.75. The summed E-state index contributed by atoms with van der Waals surface area (Å²) in [6.07, 6.45) is 3.86. The molecule has 0 unspecified atom stereocenters.